The van der Waals surface area contributed by atoms with Crippen LogP contribution in [-0.2, 0) is 16.1 Å². The van der Waals surface area contributed by atoms with Crippen LogP contribution in [0.2, 0.25) is 0 Å². The summed E-state index contributed by atoms with van der Waals surface area (Å²) in [7, 11) is 0. The Bertz CT molecular complexity index is 307. The van der Waals surface area contributed by atoms with Crippen molar-refractivity contribution in [1.82, 2.24) is 31.3 Å². The van der Waals surface area contributed by atoms with Crippen LogP contribution in [0.1, 0.15) is 5.82 Å². The number of aromatic nitrogens is 4. The van der Waals surface area contributed by atoms with Crippen molar-refractivity contribution in [3.8, 4) is 0 Å². The van der Waals surface area contributed by atoms with Crippen molar-refractivity contribution in [2.75, 3.05) is 19.7 Å². The van der Waals surface area contributed by atoms with Crippen LogP contribution in [0.15, 0.2) is 0 Å². The molecule has 1 atom stereocenters. The molecule has 0 radical (unpaired) electrons. The maximum atomic E-state index is 11.5. The SMILES string of the molecule is O=C(NCc1nn[nH]n1)C1CNCCO1. The topological polar surface area (TPSA) is 105 Å². The molecule has 2 rings (SSSR count). The minimum atomic E-state index is -0.425. The van der Waals surface area contributed by atoms with Gasteiger partial charge in [-0.15, -0.1) is 10.2 Å². The lowest BCUT2D eigenvalue weighted by Crippen LogP contribution is -2.47. The van der Waals surface area contributed by atoms with E-state index in [1.807, 2.05) is 0 Å². The molecular weight excluding hydrogens is 200 g/mol. The quantitative estimate of drug-likeness (QED) is 0.525. The van der Waals surface area contributed by atoms with E-state index >= 15 is 0 Å². The van der Waals surface area contributed by atoms with Crippen LogP contribution in [0.3, 0.4) is 0 Å². The van der Waals surface area contributed by atoms with Gasteiger partial charge in [0.1, 0.15) is 6.10 Å². The van der Waals surface area contributed by atoms with Gasteiger partial charge in [0.25, 0.3) is 5.91 Å². The van der Waals surface area contributed by atoms with Crippen molar-refractivity contribution in [3.63, 3.8) is 0 Å². The zero-order valence-corrected chi connectivity index (χ0v) is 8.06. The van der Waals surface area contributed by atoms with Crippen LogP contribution in [-0.4, -0.2) is 52.3 Å². The molecule has 0 spiro atoms. The molecule has 1 aromatic rings. The van der Waals surface area contributed by atoms with Crippen molar-refractivity contribution in [3.05, 3.63) is 5.82 Å². The predicted molar refractivity (Wildman–Crippen MR) is 48.6 cm³/mol. The molecule has 0 aromatic carbocycles. The monoisotopic (exact) mass is 212 g/mol. The molecule has 8 heteroatoms. The molecule has 2 heterocycles. The maximum Gasteiger partial charge on any atom is 0.250 e. The Morgan fingerprint density at radius 1 is 1.67 bits per heavy atom. The second kappa shape index (κ2) is 4.80. The summed E-state index contributed by atoms with van der Waals surface area (Å²) in [6, 6.07) is 0. The largest absolute Gasteiger partial charge is 0.366 e. The number of amides is 1. The number of tetrazole rings is 1. The van der Waals surface area contributed by atoms with E-state index in [1.54, 1.807) is 0 Å². The molecule has 1 unspecified atom stereocenters. The van der Waals surface area contributed by atoms with Gasteiger partial charge in [-0.05, 0) is 0 Å². The van der Waals surface area contributed by atoms with Crippen molar-refractivity contribution in [2.45, 2.75) is 12.6 Å². The molecule has 15 heavy (non-hydrogen) atoms. The van der Waals surface area contributed by atoms with Crippen LogP contribution in [0.25, 0.3) is 0 Å². The number of H-pyrrole nitrogens is 1. The number of aromatic amines is 1. The van der Waals surface area contributed by atoms with Gasteiger partial charge in [0.05, 0.1) is 13.2 Å². The lowest BCUT2D eigenvalue weighted by atomic mass is 10.3. The van der Waals surface area contributed by atoms with Gasteiger partial charge in [-0.25, -0.2) is 0 Å². The van der Waals surface area contributed by atoms with Gasteiger partial charge >= 0.3 is 0 Å². The molecular formula is C7H12N6O2. The number of rotatable bonds is 3. The number of carbonyl (C=O) groups excluding carboxylic acids is 1. The Hall–Kier alpha value is -1.54. The molecule has 1 saturated heterocycles. The Morgan fingerprint density at radius 2 is 2.60 bits per heavy atom. The van der Waals surface area contributed by atoms with Gasteiger partial charge in [0.2, 0.25) is 0 Å². The normalized spacial score (nSPS) is 21.2. The fraction of sp³-hybridized carbons (Fsp3) is 0.714. The summed E-state index contributed by atoms with van der Waals surface area (Å²) < 4.78 is 5.27. The van der Waals surface area contributed by atoms with E-state index < -0.39 is 6.10 Å². The molecule has 0 bridgehead atoms. The van der Waals surface area contributed by atoms with E-state index in [9.17, 15) is 4.79 Å². The summed E-state index contributed by atoms with van der Waals surface area (Å²) in [6.45, 7) is 2.14. The highest BCUT2D eigenvalue weighted by Gasteiger charge is 2.21. The van der Waals surface area contributed by atoms with Crippen LogP contribution < -0.4 is 10.6 Å². The molecule has 1 fully saturated rings. The van der Waals surface area contributed by atoms with E-state index in [4.69, 9.17) is 4.74 Å². The molecule has 1 aromatic heterocycles. The third-order valence-corrected chi connectivity index (χ3v) is 2.03. The summed E-state index contributed by atoms with van der Waals surface area (Å²) in [5, 5.41) is 18.9. The Kier molecular flexibility index (Phi) is 3.20. The van der Waals surface area contributed by atoms with Crippen molar-refractivity contribution in [2.24, 2.45) is 0 Å². The highest BCUT2D eigenvalue weighted by Crippen LogP contribution is 1.96. The highest BCUT2D eigenvalue weighted by molar-refractivity contribution is 5.81. The van der Waals surface area contributed by atoms with E-state index in [2.05, 4.69) is 31.3 Å². The second-order valence-corrected chi connectivity index (χ2v) is 3.11. The van der Waals surface area contributed by atoms with Gasteiger partial charge in [-0.2, -0.15) is 5.21 Å². The van der Waals surface area contributed by atoms with Gasteiger partial charge in [0, 0.05) is 13.1 Å². The van der Waals surface area contributed by atoms with Crippen molar-refractivity contribution < 1.29 is 9.53 Å². The summed E-state index contributed by atoms with van der Waals surface area (Å²) in [6.07, 6.45) is -0.425. The van der Waals surface area contributed by atoms with Gasteiger partial charge < -0.3 is 15.4 Å². The zero-order chi connectivity index (χ0) is 10.5. The summed E-state index contributed by atoms with van der Waals surface area (Å²) in [5.74, 6) is 0.291. The third-order valence-electron chi connectivity index (χ3n) is 2.03. The smallest absolute Gasteiger partial charge is 0.250 e. The van der Waals surface area contributed by atoms with E-state index in [0.29, 0.717) is 19.0 Å². The van der Waals surface area contributed by atoms with Crippen molar-refractivity contribution >= 4 is 5.91 Å². The molecule has 0 aliphatic carbocycles. The average molecular weight is 212 g/mol. The summed E-state index contributed by atoms with van der Waals surface area (Å²) in [4.78, 5) is 11.5. The van der Waals surface area contributed by atoms with Crippen LogP contribution in [0.5, 0.6) is 0 Å². The number of nitrogens with zero attached hydrogens (tertiary/aromatic N) is 3. The van der Waals surface area contributed by atoms with Gasteiger partial charge in [0.15, 0.2) is 5.82 Å². The Morgan fingerprint density at radius 3 is 3.27 bits per heavy atom. The minimum absolute atomic E-state index is 0.160. The Labute approximate surface area is 85.8 Å². The van der Waals surface area contributed by atoms with Crippen LogP contribution >= 0.6 is 0 Å². The van der Waals surface area contributed by atoms with Crippen LogP contribution in [0.4, 0.5) is 0 Å². The third kappa shape index (κ3) is 2.70. The lowest BCUT2D eigenvalue weighted by molar-refractivity contribution is -0.134. The first-order chi connectivity index (χ1) is 7.36. The van der Waals surface area contributed by atoms with Crippen molar-refractivity contribution in [1.29, 1.82) is 0 Å². The van der Waals surface area contributed by atoms with E-state index in [1.165, 1.54) is 0 Å². The molecule has 3 N–H and O–H groups in total. The number of morpholine rings is 1. The number of ether oxygens (including phenoxy) is 1. The average Bonchev–Trinajstić information content (AvgIpc) is 2.80. The van der Waals surface area contributed by atoms with Gasteiger partial charge in [-0.1, -0.05) is 5.21 Å². The van der Waals surface area contributed by atoms with E-state index in [0.717, 1.165) is 6.54 Å². The fourth-order valence-electron chi connectivity index (χ4n) is 1.27. The number of nitrogens with one attached hydrogen (secondary N) is 3. The lowest BCUT2D eigenvalue weighted by Gasteiger charge is -2.22. The van der Waals surface area contributed by atoms with E-state index in [-0.39, 0.29) is 12.5 Å². The molecule has 8 nitrogen and oxygen atoms in total. The second-order valence-electron chi connectivity index (χ2n) is 3.11. The fourth-order valence-corrected chi connectivity index (χ4v) is 1.27. The Balaban J connectivity index is 1.76. The molecule has 82 valence electrons. The first kappa shape index (κ1) is 9.99. The molecule has 1 amide bonds. The molecule has 1 aliphatic heterocycles. The highest BCUT2D eigenvalue weighted by atomic mass is 16.5. The van der Waals surface area contributed by atoms with Gasteiger partial charge in [-0.3, -0.25) is 4.79 Å². The maximum absolute atomic E-state index is 11.5. The molecule has 1 aliphatic rings. The number of hydrogen-bond acceptors (Lipinski definition) is 6. The first-order valence-corrected chi connectivity index (χ1v) is 4.68. The molecule has 0 saturated carbocycles. The standard InChI is InChI=1S/C7H12N6O2/c14-7(5-3-8-1-2-15-5)9-4-6-10-12-13-11-6/h5,8H,1-4H2,(H,9,14)(H,10,11,12,13). The summed E-state index contributed by atoms with van der Waals surface area (Å²) in [5.41, 5.74) is 0. The van der Waals surface area contributed by atoms with Crippen LogP contribution in [0, 0.1) is 0 Å². The summed E-state index contributed by atoms with van der Waals surface area (Å²) >= 11 is 0. The predicted octanol–water partition coefficient (Wildman–Crippen LogP) is -2.20. The zero-order valence-electron chi connectivity index (χ0n) is 8.06. The first-order valence-electron chi connectivity index (χ1n) is 4.68. The minimum Gasteiger partial charge on any atom is -0.366 e. The number of hydrogen-bond donors (Lipinski definition) is 3. The number of carbonyl (C=O) groups is 1.